The van der Waals surface area contributed by atoms with E-state index in [4.69, 9.17) is 9.84 Å². The zero-order valence-electron chi connectivity index (χ0n) is 13.2. The van der Waals surface area contributed by atoms with E-state index in [-0.39, 0.29) is 6.10 Å². The summed E-state index contributed by atoms with van der Waals surface area (Å²) in [6.45, 7) is 4.08. The molecule has 1 aromatic heterocycles. The Labute approximate surface area is 131 Å². The first-order valence-electron chi connectivity index (χ1n) is 7.51. The Morgan fingerprint density at radius 1 is 0.864 bits per heavy atom. The zero-order valence-corrected chi connectivity index (χ0v) is 13.2. The molecule has 0 bridgehead atoms. The number of rotatable bonds is 4. The van der Waals surface area contributed by atoms with Gasteiger partial charge in [-0.05, 0) is 13.8 Å². The van der Waals surface area contributed by atoms with Crippen molar-refractivity contribution in [1.82, 2.24) is 9.78 Å². The monoisotopic (exact) mass is 292 g/mol. The van der Waals surface area contributed by atoms with Crippen molar-refractivity contribution in [2.24, 2.45) is 7.05 Å². The molecule has 3 heteroatoms. The highest BCUT2D eigenvalue weighted by molar-refractivity contribution is 5.78. The predicted octanol–water partition coefficient (Wildman–Crippen LogP) is 4.54. The maximum absolute atomic E-state index is 6.12. The van der Waals surface area contributed by atoms with Crippen LogP contribution in [0.1, 0.15) is 13.8 Å². The van der Waals surface area contributed by atoms with E-state index in [1.807, 2.05) is 62.0 Å². The fourth-order valence-electron chi connectivity index (χ4n) is 2.55. The highest BCUT2D eigenvalue weighted by Crippen LogP contribution is 2.38. The summed E-state index contributed by atoms with van der Waals surface area (Å²) in [6, 6.07) is 20.4. The number of hydrogen-bond donors (Lipinski definition) is 0. The van der Waals surface area contributed by atoms with Gasteiger partial charge in [0.25, 0.3) is 0 Å². The summed E-state index contributed by atoms with van der Waals surface area (Å²) in [4.78, 5) is 0. The van der Waals surface area contributed by atoms with Crippen LogP contribution < -0.4 is 4.74 Å². The minimum Gasteiger partial charge on any atom is -0.486 e. The Hall–Kier alpha value is -2.55. The Balaban J connectivity index is 2.20. The van der Waals surface area contributed by atoms with Crippen LogP contribution in [-0.4, -0.2) is 15.9 Å². The van der Waals surface area contributed by atoms with Gasteiger partial charge in [-0.1, -0.05) is 60.7 Å². The Morgan fingerprint density at radius 2 is 1.41 bits per heavy atom. The molecule has 3 rings (SSSR count). The standard InChI is InChI=1S/C19H20N2O/c1-14(2)22-19-17(15-10-6-4-7-11-15)20-21(3)18(19)16-12-8-5-9-13-16/h4-14H,1-3H3. The van der Waals surface area contributed by atoms with Gasteiger partial charge in [-0.15, -0.1) is 0 Å². The largest absolute Gasteiger partial charge is 0.486 e. The molecule has 0 atom stereocenters. The second kappa shape index (κ2) is 6.06. The van der Waals surface area contributed by atoms with Crippen molar-refractivity contribution in [2.75, 3.05) is 0 Å². The van der Waals surface area contributed by atoms with Crippen molar-refractivity contribution >= 4 is 0 Å². The number of aryl methyl sites for hydroxylation is 1. The lowest BCUT2D eigenvalue weighted by atomic mass is 10.1. The summed E-state index contributed by atoms with van der Waals surface area (Å²) in [5, 5.41) is 4.70. The highest BCUT2D eigenvalue weighted by Gasteiger charge is 2.21. The van der Waals surface area contributed by atoms with Gasteiger partial charge in [-0.2, -0.15) is 5.10 Å². The van der Waals surface area contributed by atoms with Gasteiger partial charge in [0.15, 0.2) is 5.75 Å². The molecule has 0 fully saturated rings. The molecule has 2 aromatic carbocycles. The molecule has 22 heavy (non-hydrogen) atoms. The lowest BCUT2D eigenvalue weighted by molar-refractivity contribution is 0.244. The first-order valence-corrected chi connectivity index (χ1v) is 7.51. The van der Waals surface area contributed by atoms with Crippen LogP contribution in [0.5, 0.6) is 5.75 Å². The molecular weight excluding hydrogens is 272 g/mol. The molecule has 0 radical (unpaired) electrons. The smallest absolute Gasteiger partial charge is 0.173 e. The number of ether oxygens (including phenoxy) is 1. The van der Waals surface area contributed by atoms with Crippen LogP contribution in [0.2, 0.25) is 0 Å². The van der Waals surface area contributed by atoms with Crippen LogP contribution in [0, 0.1) is 0 Å². The number of aromatic nitrogens is 2. The SMILES string of the molecule is CC(C)Oc1c(-c2ccccc2)nn(C)c1-c1ccccc1. The van der Waals surface area contributed by atoms with Gasteiger partial charge < -0.3 is 4.74 Å². The average Bonchev–Trinajstić information content (AvgIpc) is 2.85. The Kier molecular flexibility index (Phi) is 3.96. The van der Waals surface area contributed by atoms with E-state index in [1.165, 1.54) is 0 Å². The van der Waals surface area contributed by atoms with Crippen LogP contribution in [-0.2, 0) is 7.05 Å². The molecule has 0 spiro atoms. The molecular formula is C19H20N2O. The summed E-state index contributed by atoms with van der Waals surface area (Å²) >= 11 is 0. The minimum atomic E-state index is 0.0918. The second-order valence-electron chi connectivity index (χ2n) is 5.55. The summed E-state index contributed by atoms with van der Waals surface area (Å²) < 4.78 is 8.02. The molecule has 0 aliphatic carbocycles. The van der Waals surface area contributed by atoms with E-state index in [0.717, 1.165) is 28.3 Å². The zero-order chi connectivity index (χ0) is 15.5. The molecule has 0 aliphatic rings. The number of nitrogens with zero attached hydrogens (tertiary/aromatic N) is 2. The molecule has 0 saturated heterocycles. The van der Waals surface area contributed by atoms with Crippen molar-refractivity contribution in [2.45, 2.75) is 20.0 Å². The lowest BCUT2D eigenvalue weighted by Crippen LogP contribution is -2.07. The molecule has 0 N–H and O–H groups in total. The maximum atomic E-state index is 6.12. The van der Waals surface area contributed by atoms with Crippen molar-refractivity contribution in [3.63, 3.8) is 0 Å². The van der Waals surface area contributed by atoms with Gasteiger partial charge in [0.05, 0.1) is 6.10 Å². The lowest BCUT2D eigenvalue weighted by Gasteiger charge is -2.12. The third-order valence-electron chi connectivity index (χ3n) is 3.45. The molecule has 0 saturated carbocycles. The Bertz CT molecular complexity index is 746. The summed E-state index contributed by atoms with van der Waals surface area (Å²) in [5.74, 6) is 0.843. The van der Waals surface area contributed by atoms with Gasteiger partial charge in [0.2, 0.25) is 0 Å². The molecule has 3 aromatic rings. The van der Waals surface area contributed by atoms with Crippen molar-refractivity contribution < 1.29 is 4.74 Å². The topological polar surface area (TPSA) is 27.1 Å². The van der Waals surface area contributed by atoms with E-state index in [2.05, 4.69) is 24.3 Å². The van der Waals surface area contributed by atoms with Gasteiger partial charge in [-0.3, -0.25) is 4.68 Å². The van der Waals surface area contributed by atoms with Crippen molar-refractivity contribution in [3.8, 4) is 28.3 Å². The average molecular weight is 292 g/mol. The third-order valence-corrected chi connectivity index (χ3v) is 3.45. The number of benzene rings is 2. The van der Waals surface area contributed by atoms with Gasteiger partial charge in [-0.25, -0.2) is 0 Å². The van der Waals surface area contributed by atoms with E-state index < -0.39 is 0 Å². The van der Waals surface area contributed by atoms with Crippen LogP contribution >= 0.6 is 0 Å². The molecule has 0 unspecified atom stereocenters. The van der Waals surface area contributed by atoms with E-state index in [1.54, 1.807) is 0 Å². The van der Waals surface area contributed by atoms with Gasteiger partial charge >= 0.3 is 0 Å². The summed E-state index contributed by atoms with van der Waals surface area (Å²) in [6.07, 6.45) is 0.0918. The minimum absolute atomic E-state index is 0.0918. The van der Waals surface area contributed by atoms with Crippen LogP contribution in [0.4, 0.5) is 0 Å². The molecule has 1 heterocycles. The van der Waals surface area contributed by atoms with Crippen LogP contribution in [0.15, 0.2) is 60.7 Å². The van der Waals surface area contributed by atoms with Gasteiger partial charge in [0.1, 0.15) is 11.4 Å². The summed E-state index contributed by atoms with van der Waals surface area (Å²) in [7, 11) is 1.96. The van der Waals surface area contributed by atoms with Crippen molar-refractivity contribution in [3.05, 3.63) is 60.7 Å². The number of hydrogen-bond acceptors (Lipinski definition) is 2. The molecule has 0 amide bonds. The molecule has 112 valence electrons. The third kappa shape index (κ3) is 2.75. The molecule has 3 nitrogen and oxygen atoms in total. The second-order valence-corrected chi connectivity index (χ2v) is 5.55. The fraction of sp³-hybridized carbons (Fsp3) is 0.211. The van der Waals surface area contributed by atoms with Crippen LogP contribution in [0.3, 0.4) is 0 Å². The molecule has 0 aliphatic heterocycles. The summed E-state index contributed by atoms with van der Waals surface area (Å²) in [5.41, 5.74) is 4.06. The normalized spacial score (nSPS) is 10.9. The Morgan fingerprint density at radius 3 is 1.95 bits per heavy atom. The van der Waals surface area contributed by atoms with Crippen LogP contribution in [0.25, 0.3) is 22.5 Å². The fourth-order valence-corrected chi connectivity index (χ4v) is 2.55. The predicted molar refractivity (Wildman–Crippen MR) is 89.8 cm³/mol. The first-order chi connectivity index (χ1) is 10.7. The highest BCUT2D eigenvalue weighted by atomic mass is 16.5. The first kappa shape index (κ1) is 14.4. The van der Waals surface area contributed by atoms with E-state index in [0.29, 0.717) is 0 Å². The van der Waals surface area contributed by atoms with E-state index in [9.17, 15) is 0 Å². The van der Waals surface area contributed by atoms with Gasteiger partial charge in [0, 0.05) is 18.2 Å². The van der Waals surface area contributed by atoms with Crippen molar-refractivity contribution in [1.29, 1.82) is 0 Å². The van der Waals surface area contributed by atoms with E-state index >= 15 is 0 Å². The quantitative estimate of drug-likeness (QED) is 0.706. The maximum Gasteiger partial charge on any atom is 0.173 e.